The number of ether oxygens (including phenoxy) is 1. The Morgan fingerprint density at radius 2 is 2.07 bits per heavy atom. The summed E-state index contributed by atoms with van der Waals surface area (Å²) in [5, 5.41) is 7.60. The summed E-state index contributed by atoms with van der Waals surface area (Å²) >= 11 is 0. The monoisotopic (exact) mass is 386 g/mol. The molecule has 2 aliphatic heterocycles. The zero-order valence-electron chi connectivity index (χ0n) is 16.8. The molecule has 0 spiro atoms. The SMILES string of the molecule is CC(C)C1OCCCC1Nc1ccnc(N2CCN(Cc3ccon3)CC2)n1. The molecule has 2 unspecified atom stereocenters. The van der Waals surface area contributed by atoms with Gasteiger partial charge in [0.15, 0.2) is 0 Å². The Morgan fingerprint density at radius 1 is 1.21 bits per heavy atom. The summed E-state index contributed by atoms with van der Waals surface area (Å²) in [7, 11) is 0. The first-order chi connectivity index (χ1) is 13.7. The molecule has 2 atom stereocenters. The molecule has 8 nitrogen and oxygen atoms in total. The van der Waals surface area contributed by atoms with Crippen LogP contribution in [-0.2, 0) is 11.3 Å². The summed E-state index contributed by atoms with van der Waals surface area (Å²) in [6.07, 6.45) is 5.90. The summed E-state index contributed by atoms with van der Waals surface area (Å²) in [6, 6.07) is 4.18. The van der Waals surface area contributed by atoms with Crippen LogP contribution >= 0.6 is 0 Å². The highest BCUT2D eigenvalue weighted by Crippen LogP contribution is 2.24. The van der Waals surface area contributed by atoms with E-state index in [1.54, 1.807) is 6.26 Å². The van der Waals surface area contributed by atoms with Gasteiger partial charge < -0.3 is 19.5 Å². The van der Waals surface area contributed by atoms with Gasteiger partial charge in [-0.2, -0.15) is 4.98 Å². The second-order valence-corrected chi connectivity index (χ2v) is 7.97. The number of rotatable bonds is 6. The highest BCUT2D eigenvalue weighted by atomic mass is 16.5. The molecule has 152 valence electrons. The summed E-state index contributed by atoms with van der Waals surface area (Å²) < 4.78 is 10.9. The van der Waals surface area contributed by atoms with Crippen LogP contribution in [0.25, 0.3) is 0 Å². The van der Waals surface area contributed by atoms with Crippen LogP contribution in [0.3, 0.4) is 0 Å². The van der Waals surface area contributed by atoms with Gasteiger partial charge in [0.1, 0.15) is 12.1 Å². The Hall–Kier alpha value is -2.19. The lowest BCUT2D eigenvalue weighted by Crippen LogP contribution is -2.46. The number of piperazine rings is 1. The van der Waals surface area contributed by atoms with Crippen LogP contribution in [0.5, 0.6) is 0 Å². The van der Waals surface area contributed by atoms with Crippen LogP contribution < -0.4 is 10.2 Å². The number of hydrogen-bond donors (Lipinski definition) is 1. The van der Waals surface area contributed by atoms with Gasteiger partial charge in [0, 0.05) is 51.6 Å². The van der Waals surface area contributed by atoms with Crippen molar-refractivity contribution in [2.75, 3.05) is 43.0 Å². The molecular weight excluding hydrogens is 356 g/mol. The molecule has 0 saturated carbocycles. The second kappa shape index (κ2) is 8.87. The van der Waals surface area contributed by atoms with Crippen molar-refractivity contribution < 1.29 is 9.26 Å². The molecule has 28 heavy (non-hydrogen) atoms. The zero-order valence-corrected chi connectivity index (χ0v) is 16.8. The fourth-order valence-corrected chi connectivity index (χ4v) is 4.04. The number of anilines is 2. The van der Waals surface area contributed by atoms with Crippen molar-refractivity contribution in [1.82, 2.24) is 20.0 Å². The van der Waals surface area contributed by atoms with Gasteiger partial charge >= 0.3 is 0 Å². The van der Waals surface area contributed by atoms with Crippen LogP contribution in [-0.4, -0.2) is 65.0 Å². The molecule has 2 saturated heterocycles. The fourth-order valence-electron chi connectivity index (χ4n) is 4.04. The third-order valence-corrected chi connectivity index (χ3v) is 5.53. The van der Waals surface area contributed by atoms with Crippen LogP contribution in [0.15, 0.2) is 29.1 Å². The van der Waals surface area contributed by atoms with E-state index >= 15 is 0 Å². The molecule has 4 rings (SSSR count). The lowest BCUT2D eigenvalue weighted by atomic mass is 9.94. The van der Waals surface area contributed by atoms with Gasteiger partial charge in [-0.25, -0.2) is 4.98 Å². The number of nitrogens with zero attached hydrogens (tertiary/aromatic N) is 5. The van der Waals surface area contributed by atoms with E-state index in [-0.39, 0.29) is 6.10 Å². The van der Waals surface area contributed by atoms with E-state index in [0.717, 1.165) is 69.6 Å². The second-order valence-electron chi connectivity index (χ2n) is 7.97. The summed E-state index contributed by atoms with van der Waals surface area (Å²) in [5.41, 5.74) is 0.977. The Morgan fingerprint density at radius 3 is 2.82 bits per heavy atom. The largest absolute Gasteiger partial charge is 0.376 e. The smallest absolute Gasteiger partial charge is 0.227 e. The van der Waals surface area contributed by atoms with Gasteiger partial charge in [-0.05, 0) is 24.8 Å². The Bertz CT molecular complexity index is 730. The molecule has 1 N–H and O–H groups in total. The minimum atomic E-state index is 0.229. The van der Waals surface area contributed by atoms with E-state index in [1.807, 2.05) is 18.3 Å². The van der Waals surface area contributed by atoms with E-state index in [4.69, 9.17) is 14.2 Å². The molecule has 2 aliphatic rings. The highest BCUT2D eigenvalue weighted by Gasteiger charge is 2.29. The molecule has 0 aromatic carbocycles. The third-order valence-electron chi connectivity index (χ3n) is 5.53. The van der Waals surface area contributed by atoms with Crippen molar-refractivity contribution >= 4 is 11.8 Å². The Kier molecular flexibility index (Phi) is 6.07. The maximum absolute atomic E-state index is 5.99. The van der Waals surface area contributed by atoms with Gasteiger partial charge in [-0.1, -0.05) is 19.0 Å². The summed E-state index contributed by atoms with van der Waals surface area (Å²) in [6.45, 7) is 9.84. The van der Waals surface area contributed by atoms with Crippen molar-refractivity contribution in [2.24, 2.45) is 5.92 Å². The standard InChI is InChI=1S/C20H30N6O2/c1-15(2)19-17(4-3-12-27-19)22-18-5-7-21-20(23-18)26-10-8-25(9-11-26)14-16-6-13-28-24-16/h5-7,13,15,17,19H,3-4,8-12,14H2,1-2H3,(H,21,22,23). The highest BCUT2D eigenvalue weighted by molar-refractivity contribution is 5.42. The normalized spacial score (nSPS) is 23.9. The molecule has 2 aromatic rings. The van der Waals surface area contributed by atoms with Crippen molar-refractivity contribution in [3.8, 4) is 0 Å². The van der Waals surface area contributed by atoms with Crippen molar-refractivity contribution in [2.45, 2.75) is 45.4 Å². The van der Waals surface area contributed by atoms with Gasteiger partial charge in [0.2, 0.25) is 5.95 Å². The van der Waals surface area contributed by atoms with E-state index in [1.165, 1.54) is 0 Å². The van der Waals surface area contributed by atoms with E-state index in [2.05, 4.69) is 39.1 Å². The van der Waals surface area contributed by atoms with E-state index in [0.29, 0.717) is 12.0 Å². The van der Waals surface area contributed by atoms with Crippen molar-refractivity contribution in [1.29, 1.82) is 0 Å². The fraction of sp³-hybridized carbons (Fsp3) is 0.650. The van der Waals surface area contributed by atoms with Crippen molar-refractivity contribution in [3.05, 3.63) is 30.3 Å². The molecule has 0 bridgehead atoms. The summed E-state index contributed by atoms with van der Waals surface area (Å²) in [5.74, 6) is 2.16. The van der Waals surface area contributed by atoms with Crippen molar-refractivity contribution in [3.63, 3.8) is 0 Å². The Labute approximate surface area is 166 Å². The average Bonchev–Trinajstić information content (AvgIpc) is 3.22. The maximum atomic E-state index is 5.99. The number of nitrogens with one attached hydrogen (secondary N) is 1. The predicted molar refractivity (Wildman–Crippen MR) is 107 cm³/mol. The molecule has 0 amide bonds. The lowest BCUT2D eigenvalue weighted by molar-refractivity contribution is -0.0203. The molecule has 0 radical (unpaired) electrons. The van der Waals surface area contributed by atoms with Crippen LogP contribution in [0.1, 0.15) is 32.4 Å². The van der Waals surface area contributed by atoms with E-state index in [9.17, 15) is 0 Å². The van der Waals surface area contributed by atoms with E-state index < -0.39 is 0 Å². The molecule has 2 aromatic heterocycles. The minimum Gasteiger partial charge on any atom is -0.376 e. The average molecular weight is 387 g/mol. The van der Waals surface area contributed by atoms with Crippen LogP contribution in [0.2, 0.25) is 0 Å². The topological polar surface area (TPSA) is 79.5 Å². The molecular formula is C20H30N6O2. The molecule has 0 aliphatic carbocycles. The quantitative estimate of drug-likeness (QED) is 0.811. The van der Waals surface area contributed by atoms with Gasteiger partial charge in [-0.15, -0.1) is 0 Å². The first-order valence-electron chi connectivity index (χ1n) is 10.3. The number of aromatic nitrogens is 3. The first-order valence-corrected chi connectivity index (χ1v) is 10.3. The maximum Gasteiger partial charge on any atom is 0.227 e. The molecule has 2 fully saturated rings. The minimum absolute atomic E-state index is 0.229. The Balaban J connectivity index is 1.35. The number of hydrogen-bond acceptors (Lipinski definition) is 8. The molecule has 4 heterocycles. The lowest BCUT2D eigenvalue weighted by Gasteiger charge is -2.36. The zero-order chi connectivity index (χ0) is 19.3. The van der Waals surface area contributed by atoms with Crippen LogP contribution in [0.4, 0.5) is 11.8 Å². The molecule has 8 heteroatoms. The predicted octanol–water partition coefficient (Wildman–Crippen LogP) is 2.40. The van der Waals surface area contributed by atoms with Gasteiger partial charge in [0.25, 0.3) is 0 Å². The van der Waals surface area contributed by atoms with Gasteiger partial charge in [-0.3, -0.25) is 4.90 Å². The van der Waals surface area contributed by atoms with Gasteiger partial charge in [0.05, 0.1) is 17.8 Å². The first kappa shape index (κ1) is 19.1. The van der Waals surface area contributed by atoms with Crippen LogP contribution in [0, 0.1) is 5.92 Å². The summed E-state index contributed by atoms with van der Waals surface area (Å²) in [4.78, 5) is 13.9. The third kappa shape index (κ3) is 4.62.